The molecular weight excluding hydrogens is 506 g/mol. The topological polar surface area (TPSA) is 53.5 Å². The van der Waals surface area contributed by atoms with E-state index in [1.807, 2.05) is 18.2 Å². The zero-order valence-electron chi connectivity index (χ0n) is 21.1. The summed E-state index contributed by atoms with van der Waals surface area (Å²) in [6.07, 6.45) is -4.68. The fourth-order valence-corrected chi connectivity index (χ4v) is 4.77. The lowest BCUT2D eigenvalue weighted by molar-refractivity contribution is -0.137. The lowest BCUT2D eigenvalue weighted by Crippen LogP contribution is -2.53. The minimum atomic E-state index is -4.68. The quantitative estimate of drug-likeness (QED) is 0.292. The number of piperazine rings is 1. The van der Waals surface area contributed by atoms with Gasteiger partial charge in [-0.1, -0.05) is 6.07 Å². The fourth-order valence-electron chi connectivity index (χ4n) is 4.16. The number of hydrogen-bond acceptors (Lipinski definition) is 7. The number of aromatic nitrogens is 2. The van der Waals surface area contributed by atoms with Crippen molar-refractivity contribution >= 4 is 23.6 Å². The maximum atomic E-state index is 13.9. The average Bonchev–Trinajstić information content (AvgIpc) is 2.86. The van der Waals surface area contributed by atoms with Crippen LogP contribution in [0.4, 0.5) is 29.2 Å². The molecule has 37 heavy (non-hydrogen) atoms. The first-order valence-electron chi connectivity index (χ1n) is 11.8. The lowest BCUT2D eigenvalue weighted by Gasteiger charge is -2.42. The third-order valence-electron chi connectivity index (χ3n) is 6.14. The van der Waals surface area contributed by atoms with Crippen molar-refractivity contribution in [2.45, 2.75) is 37.5 Å². The van der Waals surface area contributed by atoms with Crippen molar-refractivity contribution in [2.24, 2.45) is 0 Å². The Bertz CT molecular complexity index is 1240. The van der Waals surface area contributed by atoms with Gasteiger partial charge < -0.3 is 14.4 Å². The van der Waals surface area contributed by atoms with Gasteiger partial charge in [-0.3, -0.25) is 4.90 Å². The monoisotopic (exact) mass is 535 g/mol. The summed E-state index contributed by atoms with van der Waals surface area (Å²) < 4.78 is 63.3. The molecule has 0 saturated carbocycles. The molecule has 198 valence electrons. The summed E-state index contributed by atoms with van der Waals surface area (Å²) in [6.45, 7) is 10.2. The summed E-state index contributed by atoms with van der Waals surface area (Å²) in [7, 11) is 1.31. The minimum absolute atomic E-state index is 0.0852. The maximum absolute atomic E-state index is 13.9. The van der Waals surface area contributed by atoms with Crippen LogP contribution < -0.4 is 14.4 Å². The van der Waals surface area contributed by atoms with Gasteiger partial charge in [-0.15, -0.1) is 0 Å². The van der Waals surface area contributed by atoms with Crippen LogP contribution in [0.25, 0.3) is 11.3 Å². The Kier molecular flexibility index (Phi) is 7.84. The smallest absolute Gasteiger partial charge is 0.418 e. The number of rotatable bonds is 6. The zero-order valence-corrected chi connectivity index (χ0v) is 21.9. The van der Waals surface area contributed by atoms with E-state index in [1.165, 1.54) is 19.2 Å². The number of benzene rings is 1. The second kappa shape index (κ2) is 10.7. The molecule has 0 bridgehead atoms. The van der Waals surface area contributed by atoms with E-state index in [0.717, 1.165) is 62.1 Å². The van der Waals surface area contributed by atoms with Gasteiger partial charge in [0, 0.05) is 49.2 Å². The molecule has 1 aliphatic rings. The molecule has 6 nitrogen and oxygen atoms in total. The van der Waals surface area contributed by atoms with Crippen molar-refractivity contribution in [3.8, 4) is 17.0 Å². The summed E-state index contributed by atoms with van der Waals surface area (Å²) in [5.41, 5.74) is -1.38. The van der Waals surface area contributed by atoms with Crippen LogP contribution >= 0.6 is 11.9 Å². The highest BCUT2D eigenvalue weighted by molar-refractivity contribution is 8.00. The third kappa shape index (κ3) is 6.45. The van der Waals surface area contributed by atoms with Gasteiger partial charge in [0.2, 0.25) is 0 Å². The Labute approximate surface area is 218 Å². The molecule has 11 heteroatoms. The minimum Gasteiger partial charge on any atom is -0.496 e. The molecule has 1 N–H and O–H groups in total. The molecule has 2 aromatic heterocycles. The summed E-state index contributed by atoms with van der Waals surface area (Å²) in [6, 6.07) is 11.2. The fraction of sp³-hybridized carbons (Fsp3) is 0.385. The molecule has 0 amide bonds. The van der Waals surface area contributed by atoms with Gasteiger partial charge in [-0.2, -0.15) is 13.2 Å². The molecule has 1 fully saturated rings. The van der Waals surface area contributed by atoms with Crippen molar-refractivity contribution in [3.05, 3.63) is 59.9 Å². The van der Waals surface area contributed by atoms with Crippen LogP contribution in [0, 0.1) is 5.82 Å². The molecule has 0 atom stereocenters. The molecule has 3 heterocycles. The van der Waals surface area contributed by atoms with E-state index in [4.69, 9.17) is 9.72 Å². The number of pyridine rings is 2. The van der Waals surface area contributed by atoms with E-state index in [-0.39, 0.29) is 22.7 Å². The van der Waals surface area contributed by atoms with E-state index < -0.39 is 23.3 Å². The molecule has 0 aliphatic carbocycles. The van der Waals surface area contributed by atoms with E-state index in [9.17, 15) is 17.6 Å². The van der Waals surface area contributed by atoms with Crippen LogP contribution in [-0.2, 0) is 6.18 Å². The molecule has 0 spiro atoms. The van der Waals surface area contributed by atoms with Crippen molar-refractivity contribution in [3.63, 3.8) is 0 Å². The van der Waals surface area contributed by atoms with Gasteiger partial charge in [-0.05, 0) is 63.2 Å². The number of methoxy groups -OCH3 is 1. The number of hydrogen-bond donors (Lipinski definition) is 1. The first-order valence-corrected chi connectivity index (χ1v) is 12.6. The number of nitrogens with one attached hydrogen (secondary N) is 1. The lowest BCUT2D eigenvalue weighted by atomic mass is 10.0. The normalized spacial score (nSPS) is 15.1. The number of alkyl halides is 3. The second-order valence-corrected chi connectivity index (χ2v) is 10.4. The van der Waals surface area contributed by atoms with E-state index in [0.29, 0.717) is 5.03 Å². The molecule has 1 aliphatic heterocycles. The van der Waals surface area contributed by atoms with E-state index in [2.05, 4.69) is 40.3 Å². The molecule has 1 saturated heterocycles. The Morgan fingerprint density at radius 1 is 0.946 bits per heavy atom. The first kappa shape index (κ1) is 27.0. The zero-order chi connectivity index (χ0) is 26.8. The summed E-state index contributed by atoms with van der Waals surface area (Å²) >= 11 is 1.14. The molecule has 0 unspecified atom stereocenters. The van der Waals surface area contributed by atoms with Crippen LogP contribution in [0.5, 0.6) is 5.75 Å². The van der Waals surface area contributed by atoms with Crippen LogP contribution in [0.3, 0.4) is 0 Å². The number of nitrogens with zero attached hydrogens (tertiary/aromatic N) is 4. The number of anilines is 2. The van der Waals surface area contributed by atoms with Crippen LogP contribution in [0.15, 0.2) is 53.6 Å². The predicted molar refractivity (Wildman–Crippen MR) is 138 cm³/mol. The molecular formula is C26H29F4N5OS. The van der Waals surface area contributed by atoms with Crippen molar-refractivity contribution in [2.75, 3.05) is 42.9 Å². The molecule has 3 aromatic rings. The van der Waals surface area contributed by atoms with Crippen LogP contribution in [0.2, 0.25) is 0 Å². The summed E-state index contributed by atoms with van der Waals surface area (Å²) in [4.78, 5) is 13.5. The van der Waals surface area contributed by atoms with Gasteiger partial charge in [0.15, 0.2) is 0 Å². The van der Waals surface area contributed by atoms with Crippen molar-refractivity contribution < 1.29 is 22.3 Å². The maximum Gasteiger partial charge on any atom is 0.418 e. The van der Waals surface area contributed by atoms with Gasteiger partial charge >= 0.3 is 6.18 Å². The molecule has 0 radical (unpaired) electrons. The highest BCUT2D eigenvalue weighted by Gasteiger charge is 2.35. The highest BCUT2D eigenvalue weighted by atomic mass is 32.2. The predicted octanol–water partition coefficient (Wildman–Crippen LogP) is 6.35. The summed E-state index contributed by atoms with van der Waals surface area (Å²) in [5, 5.41) is 0.641. The van der Waals surface area contributed by atoms with Gasteiger partial charge in [0.1, 0.15) is 28.2 Å². The van der Waals surface area contributed by atoms with Gasteiger partial charge in [0.05, 0.1) is 18.4 Å². The average molecular weight is 536 g/mol. The van der Waals surface area contributed by atoms with E-state index in [1.54, 1.807) is 0 Å². The SMILES string of the molecule is COc1ccc(F)cc1-c1nc(NSc2cccc(N3CCN(C(C)(C)C)CC3)n2)ccc1C(F)(F)F. The van der Waals surface area contributed by atoms with Crippen LogP contribution in [0.1, 0.15) is 26.3 Å². The Morgan fingerprint density at radius 2 is 1.68 bits per heavy atom. The molecule has 4 rings (SSSR count). The highest BCUT2D eigenvalue weighted by Crippen LogP contribution is 2.40. The largest absolute Gasteiger partial charge is 0.496 e. The molecule has 1 aromatic carbocycles. The Hall–Kier alpha value is -3.05. The van der Waals surface area contributed by atoms with Crippen molar-refractivity contribution in [1.29, 1.82) is 0 Å². The summed E-state index contributed by atoms with van der Waals surface area (Å²) in [5.74, 6) is 0.407. The first-order chi connectivity index (χ1) is 17.5. The number of ether oxygens (including phenoxy) is 1. The second-order valence-electron chi connectivity index (χ2n) is 9.62. The van der Waals surface area contributed by atoms with Crippen LogP contribution in [-0.4, -0.2) is 53.7 Å². The van der Waals surface area contributed by atoms with Crippen molar-refractivity contribution in [1.82, 2.24) is 14.9 Å². The third-order valence-corrected chi connectivity index (χ3v) is 6.89. The Morgan fingerprint density at radius 3 is 2.32 bits per heavy atom. The van der Waals surface area contributed by atoms with Gasteiger partial charge in [0.25, 0.3) is 0 Å². The van der Waals surface area contributed by atoms with Gasteiger partial charge in [-0.25, -0.2) is 14.4 Å². The standard InChI is InChI=1S/C26H29F4N5OS/c1-25(2,3)35-14-12-34(13-15-35)22-6-5-7-23(32-22)37-33-21-11-9-19(26(28,29)30)24(31-21)18-16-17(27)8-10-20(18)36-4/h5-11,16H,12-15H2,1-4H3,(H,31,33). The number of halogens is 4. The van der Waals surface area contributed by atoms with E-state index >= 15 is 0 Å². The Balaban J connectivity index is 1.53.